The summed E-state index contributed by atoms with van der Waals surface area (Å²) in [5.41, 5.74) is 3.70. The Kier molecular flexibility index (Phi) is 12.3. The predicted molar refractivity (Wildman–Crippen MR) is 132 cm³/mol. The molecule has 0 bridgehead atoms. The molecule has 162 valence electrons. The summed E-state index contributed by atoms with van der Waals surface area (Å²) in [5, 5.41) is 0. The SMILES string of the molecule is CCCCCCCCCCOc1ccc(C=NC/C=C\c2ccc(CC)cc2)cc1. The fourth-order valence-corrected chi connectivity index (χ4v) is 3.35. The number of aliphatic imine (C=N–C) groups is 1. The highest BCUT2D eigenvalue weighted by atomic mass is 16.5. The first kappa shape index (κ1) is 23.9. The van der Waals surface area contributed by atoms with Gasteiger partial charge in [0, 0.05) is 6.21 Å². The van der Waals surface area contributed by atoms with E-state index in [2.05, 4.69) is 67.4 Å². The van der Waals surface area contributed by atoms with Crippen LogP contribution in [0.3, 0.4) is 0 Å². The molecule has 30 heavy (non-hydrogen) atoms. The van der Waals surface area contributed by atoms with Crippen molar-refractivity contribution in [2.75, 3.05) is 13.2 Å². The van der Waals surface area contributed by atoms with Crippen LogP contribution < -0.4 is 4.74 Å². The van der Waals surface area contributed by atoms with E-state index in [9.17, 15) is 0 Å². The summed E-state index contributed by atoms with van der Waals surface area (Å²) >= 11 is 0. The molecule has 0 radical (unpaired) electrons. The molecule has 2 rings (SSSR count). The van der Waals surface area contributed by atoms with Gasteiger partial charge in [-0.05, 0) is 53.8 Å². The minimum Gasteiger partial charge on any atom is -0.494 e. The number of benzene rings is 2. The van der Waals surface area contributed by atoms with Crippen LogP contribution in [-0.2, 0) is 6.42 Å². The molecule has 0 spiro atoms. The van der Waals surface area contributed by atoms with Gasteiger partial charge in [-0.15, -0.1) is 0 Å². The Bertz CT molecular complexity index is 728. The smallest absolute Gasteiger partial charge is 0.119 e. The number of hydrogen-bond acceptors (Lipinski definition) is 2. The number of nitrogens with zero attached hydrogens (tertiary/aromatic N) is 1. The second-order valence-corrected chi connectivity index (χ2v) is 7.88. The molecular weight excluding hydrogens is 366 g/mol. The first-order valence-corrected chi connectivity index (χ1v) is 11.8. The molecule has 2 heteroatoms. The van der Waals surface area contributed by atoms with Gasteiger partial charge < -0.3 is 4.74 Å². The van der Waals surface area contributed by atoms with Gasteiger partial charge in [-0.1, -0.05) is 95.2 Å². The monoisotopic (exact) mass is 405 g/mol. The maximum Gasteiger partial charge on any atom is 0.119 e. The van der Waals surface area contributed by atoms with E-state index < -0.39 is 0 Å². The highest BCUT2D eigenvalue weighted by Crippen LogP contribution is 2.13. The Labute approximate surface area is 184 Å². The predicted octanol–water partition coefficient (Wildman–Crippen LogP) is 7.90. The van der Waals surface area contributed by atoms with Crippen molar-refractivity contribution in [3.8, 4) is 5.75 Å². The van der Waals surface area contributed by atoms with Crippen molar-refractivity contribution in [3.05, 3.63) is 71.3 Å². The Morgan fingerprint density at radius 1 is 0.733 bits per heavy atom. The molecule has 0 aromatic heterocycles. The number of rotatable bonds is 15. The Morgan fingerprint density at radius 2 is 1.37 bits per heavy atom. The van der Waals surface area contributed by atoms with Gasteiger partial charge in [-0.2, -0.15) is 0 Å². The van der Waals surface area contributed by atoms with Crippen LogP contribution in [0.4, 0.5) is 0 Å². The lowest BCUT2D eigenvalue weighted by Gasteiger charge is -2.06. The first-order valence-electron chi connectivity index (χ1n) is 11.8. The lowest BCUT2D eigenvalue weighted by Crippen LogP contribution is -1.97. The van der Waals surface area contributed by atoms with Gasteiger partial charge in [0.05, 0.1) is 13.2 Å². The zero-order chi connectivity index (χ0) is 21.3. The van der Waals surface area contributed by atoms with Gasteiger partial charge >= 0.3 is 0 Å². The third kappa shape index (κ3) is 10.4. The molecule has 2 aromatic rings. The van der Waals surface area contributed by atoms with Crippen LogP contribution in [0, 0.1) is 0 Å². The minimum absolute atomic E-state index is 0.687. The number of hydrogen-bond donors (Lipinski definition) is 0. The summed E-state index contributed by atoms with van der Waals surface area (Å²) in [5.74, 6) is 0.950. The molecule has 0 saturated heterocycles. The zero-order valence-corrected chi connectivity index (χ0v) is 19.0. The number of ether oxygens (including phenoxy) is 1. The van der Waals surface area contributed by atoms with Crippen LogP contribution in [0.25, 0.3) is 6.08 Å². The maximum atomic E-state index is 5.86. The van der Waals surface area contributed by atoms with Crippen LogP contribution in [0.5, 0.6) is 5.75 Å². The zero-order valence-electron chi connectivity index (χ0n) is 19.0. The second kappa shape index (κ2) is 15.5. The van der Waals surface area contributed by atoms with Gasteiger partial charge in [0.1, 0.15) is 5.75 Å². The summed E-state index contributed by atoms with van der Waals surface area (Å²) in [6.07, 6.45) is 17.8. The van der Waals surface area contributed by atoms with E-state index in [4.69, 9.17) is 4.74 Å². The summed E-state index contributed by atoms with van der Waals surface area (Å²) in [6, 6.07) is 16.9. The lowest BCUT2D eigenvalue weighted by atomic mass is 10.1. The van der Waals surface area contributed by atoms with Crippen molar-refractivity contribution in [2.24, 2.45) is 4.99 Å². The Hall–Kier alpha value is -2.35. The standard InChI is InChI=1S/C28H39NO/c1-3-5-6-7-8-9-10-11-23-30-28-20-18-27(19-21-28)24-29-22-12-13-26-16-14-25(4-2)15-17-26/h12-21,24H,3-11,22-23H2,1-2H3/b13-12-,29-24?. The molecule has 0 atom stereocenters. The van der Waals surface area contributed by atoms with E-state index in [-0.39, 0.29) is 0 Å². The van der Waals surface area contributed by atoms with Crippen molar-refractivity contribution in [3.63, 3.8) is 0 Å². The van der Waals surface area contributed by atoms with E-state index >= 15 is 0 Å². The molecule has 0 aliphatic carbocycles. The molecular formula is C28H39NO. The number of unbranched alkanes of at least 4 members (excludes halogenated alkanes) is 7. The van der Waals surface area contributed by atoms with Gasteiger partial charge in [-0.3, -0.25) is 4.99 Å². The van der Waals surface area contributed by atoms with Crippen molar-refractivity contribution >= 4 is 12.3 Å². The molecule has 0 heterocycles. The van der Waals surface area contributed by atoms with Crippen molar-refractivity contribution < 1.29 is 4.74 Å². The van der Waals surface area contributed by atoms with E-state index in [1.165, 1.54) is 56.1 Å². The normalized spacial score (nSPS) is 11.5. The summed E-state index contributed by atoms with van der Waals surface area (Å²) < 4.78 is 5.86. The van der Waals surface area contributed by atoms with E-state index in [1.807, 2.05) is 18.3 Å². The van der Waals surface area contributed by atoms with Gasteiger partial charge in [-0.25, -0.2) is 0 Å². The summed E-state index contributed by atoms with van der Waals surface area (Å²) in [4.78, 5) is 4.49. The van der Waals surface area contributed by atoms with Crippen molar-refractivity contribution in [2.45, 2.75) is 71.6 Å². The molecule has 0 aliphatic heterocycles. The molecule has 2 nitrogen and oxygen atoms in total. The van der Waals surface area contributed by atoms with Crippen LogP contribution in [0.1, 0.15) is 81.9 Å². The third-order valence-electron chi connectivity index (χ3n) is 5.30. The minimum atomic E-state index is 0.687. The molecule has 0 fully saturated rings. The van der Waals surface area contributed by atoms with Gasteiger partial charge in [0.15, 0.2) is 0 Å². The molecule has 0 amide bonds. The molecule has 0 saturated carbocycles. The third-order valence-corrected chi connectivity index (χ3v) is 5.30. The first-order chi connectivity index (χ1) is 14.8. The van der Waals surface area contributed by atoms with Crippen molar-refractivity contribution in [1.29, 1.82) is 0 Å². The van der Waals surface area contributed by atoms with Crippen molar-refractivity contribution in [1.82, 2.24) is 0 Å². The second-order valence-electron chi connectivity index (χ2n) is 7.88. The Morgan fingerprint density at radius 3 is 2.03 bits per heavy atom. The van der Waals surface area contributed by atoms with Gasteiger partial charge in [0.2, 0.25) is 0 Å². The van der Waals surface area contributed by atoms with E-state index in [1.54, 1.807) is 0 Å². The van der Waals surface area contributed by atoms with Gasteiger partial charge in [0.25, 0.3) is 0 Å². The summed E-state index contributed by atoms with van der Waals surface area (Å²) in [7, 11) is 0. The average molecular weight is 406 g/mol. The van der Waals surface area contributed by atoms with Crippen LogP contribution >= 0.6 is 0 Å². The largest absolute Gasteiger partial charge is 0.494 e. The summed E-state index contributed by atoms with van der Waals surface area (Å²) in [6.45, 7) is 5.94. The Balaban J connectivity index is 1.59. The van der Waals surface area contributed by atoms with Crippen LogP contribution in [0.2, 0.25) is 0 Å². The van der Waals surface area contributed by atoms with E-state index in [0.717, 1.165) is 30.8 Å². The molecule has 2 aromatic carbocycles. The topological polar surface area (TPSA) is 21.6 Å². The molecule has 0 aliphatic rings. The number of aryl methyl sites for hydroxylation is 1. The highest BCUT2D eigenvalue weighted by Gasteiger charge is 1.96. The van der Waals surface area contributed by atoms with Crippen LogP contribution in [0.15, 0.2) is 59.6 Å². The highest BCUT2D eigenvalue weighted by molar-refractivity contribution is 5.79. The molecule has 0 N–H and O–H groups in total. The fraction of sp³-hybridized carbons (Fsp3) is 0.464. The van der Waals surface area contributed by atoms with Crippen LogP contribution in [-0.4, -0.2) is 19.4 Å². The lowest BCUT2D eigenvalue weighted by molar-refractivity contribution is 0.304. The quantitative estimate of drug-likeness (QED) is 0.218. The molecule has 0 unspecified atom stereocenters. The van der Waals surface area contributed by atoms with E-state index in [0.29, 0.717) is 6.54 Å². The average Bonchev–Trinajstić information content (AvgIpc) is 2.79. The fourth-order valence-electron chi connectivity index (χ4n) is 3.35. The maximum absolute atomic E-state index is 5.86.